The molecule has 0 N–H and O–H groups in total. The Morgan fingerprint density at radius 2 is 1.60 bits per heavy atom. The molecule has 0 unspecified atom stereocenters. The van der Waals surface area contributed by atoms with Gasteiger partial charge in [0.15, 0.2) is 0 Å². The highest BCUT2D eigenvalue weighted by Gasteiger charge is 2.10. The maximum Gasteiger partial charge on any atom is 0.142 e. The highest BCUT2D eigenvalue weighted by Crippen LogP contribution is 2.34. The SMILES string of the molecule is Cc1cc(C)cc(COc2c(Cl)cc(Cl)cc2CCl)c1. The summed E-state index contributed by atoms with van der Waals surface area (Å²) in [6.07, 6.45) is 0. The molecule has 0 aliphatic rings. The first kappa shape index (κ1) is 15.5. The van der Waals surface area contributed by atoms with Gasteiger partial charge in [0.2, 0.25) is 0 Å². The van der Waals surface area contributed by atoms with Gasteiger partial charge in [-0.1, -0.05) is 52.5 Å². The summed E-state index contributed by atoms with van der Waals surface area (Å²) in [6, 6.07) is 9.75. The number of aryl methyl sites for hydroxylation is 2. The molecule has 0 fully saturated rings. The van der Waals surface area contributed by atoms with Crippen LogP contribution in [0.4, 0.5) is 0 Å². The normalized spacial score (nSPS) is 10.7. The van der Waals surface area contributed by atoms with Crippen molar-refractivity contribution in [3.05, 3.63) is 62.6 Å². The van der Waals surface area contributed by atoms with Crippen LogP contribution in [0.2, 0.25) is 10.0 Å². The number of hydrogen-bond acceptors (Lipinski definition) is 1. The molecule has 0 aliphatic heterocycles. The van der Waals surface area contributed by atoms with E-state index < -0.39 is 0 Å². The van der Waals surface area contributed by atoms with E-state index >= 15 is 0 Å². The molecule has 2 aromatic rings. The highest BCUT2D eigenvalue weighted by atomic mass is 35.5. The monoisotopic (exact) mass is 328 g/mol. The minimum absolute atomic E-state index is 0.308. The zero-order chi connectivity index (χ0) is 14.7. The number of ether oxygens (including phenoxy) is 1. The highest BCUT2D eigenvalue weighted by molar-refractivity contribution is 6.36. The van der Waals surface area contributed by atoms with Crippen molar-refractivity contribution in [3.8, 4) is 5.75 Å². The Morgan fingerprint density at radius 3 is 2.20 bits per heavy atom. The maximum absolute atomic E-state index is 6.17. The fourth-order valence-electron chi connectivity index (χ4n) is 2.18. The number of alkyl halides is 1. The zero-order valence-corrected chi connectivity index (χ0v) is 13.6. The molecule has 20 heavy (non-hydrogen) atoms. The Labute approximate surface area is 134 Å². The minimum Gasteiger partial charge on any atom is -0.487 e. The van der Waals surface area contributed by atoms with E-state index in [1.165, 1.54) is 11.1 Å². The summed E-state index contributed by atoms with van der Waals surface area (Å²) in [5, 5.41) is 1.04. The maximum atomic E-state index is 6.17. The minimum atomic E-state index is 0.308. The van der Waals surface area contributed by atoms with Gasteiger partial charge in [0.05, 0.1) is 10.9 Å². The Bertz CT molecular complexity index is 603. The lowest BCUT2D eigenvalue weighted by Crippen LogP contribution is -2.00. The van der Waals surface area contributed by atoms with Crippen molar-refractivity contribution in [1.29, 1.82) is 0 Å². The number of halogens is 3. The third kappa shape index (κ3) is 3.82. The van der Waals surface area contributed by atoms with Crippen LogP contribution in [0.15, 0.2) is 30.3 Å². The number of rotatable bonds is 4. The summed E-state index contributed by atoms with van der Waals surface area (Å²) < 4.78 is 5.83. The summed E-state index contributed by atoms with van der Waals surface area (Å²) in [5.41, 5.74) is 4.33. The van der Waals surface area contributed by atoms with Crippen molar-refractivity contribution in [2.45, 2.75) is 26.3 Å². The van der Waals surface area contributed by atoms with Gasteiger partial charge in [-0.3, -0.25) is 0 Å². The molecular weight excluding hydrogens is 315 g/mol. The molecule has 106 valence electrons. The molecule has 0 saturated carbocycles. The van der Waals surface area contributed by atoms with Crippen molar-refractivity contribution in [3.63, 3.8) is 0 Å². The van der Waals surface area contributed by atoms with Gasteiger partial charge in [-0.15, -0.1) is 11.6 Å². The first-order valence-electron chi connectivity index (χ1n) is 6.23. The summed E-state index contributed by atoms with van der Waals surface area (Å²) in [4.78, 5) is 0. The molecule has 0 amide bonds. The largest absolute Gasteiger partial charge is 0.487 e. The molecule has 1 nitrogen and oxygen atoms in total. The van der Waals surface area contributed by atoms with Gasteiger partial charge in [0, 0.05) is 10.6 Å². The zero-order valence-electron chi connectivity index (χ0n) is 11.3. The van der Waals surface area contributed by atoms with Gasteiger partial charge < -0.3 is 4.74 Å². The molecule has 2 aromatic carbocycles. The van der Waals surface area contributed by atoms with E-state index in [9.17, 15) is 0 Å². The van der Waals surface area contributed by atoms with E-state index in [-0.39, 0.29) is 0 Å². The second-order valence-electron chi connectivity index (χ2n) is 4.79. The van der Waals surface area contributed by atoms with E-state index in [1.807, 2.05) is 0 Å². The molecule has 0 aromatic heterocycles. The van der Waals surface area contributed by atoms with Crippen molar-refractivity contribution in [2.24, 2.45) is 0 Å². The van der Waals surface area contributed by atoms with Crippen LogP contribution in [0.5, 0.6) is 5.75 Å². The van der Waals surface area contributed by atoms with Gasteiger partial charge in [-0.25, -0.2) is 0 Å². The van der Waals surface area contributed by atoms with Gasteiger partial charge in [-0.05, 0) is 31.5 Å². The first-order valence-corrected chi connectivity index (χ1v) is 7.52. The molecular formula is C16H15Cl3O. The third-order valence-corrected chi connectivity index (χ3v) is 3.68. The molecule has 0 spiro atoms. The van der Waals surface area contributed by atoms with Crippen LogP contribution < -0.4 is 4.74 Å². The summed E-state index contributed by atoms with van der Waals surface area (Å²) in [5.74, 6) is 0.910. The Kier molecular flexibility index (Phi) is 5.20. The lowest BCUT2D eigenvalue weighted by Gasteiger charge is -2.13. The molecule has 0 heterocycles. The fraction of sp³-hybridized carbons (Fsp3) is 0.250. The van der Waals surface area contributed by atoms with Crippen LogP contribution in [0.1, 0.15) is 22.3 Å². The Hall–Kier alpha value is -0.890. The fourth-order valence-corrected chi connectivity index (χ4v) is 2.97. The van der Waals surface area contributed by atoms with Crippen LogP contribution >= 0.6 is 34.8 Å². The lowest BCUT2D eigenvalue weighted by atomic mass is 10.1. The molecule has 2 rings (SSSR count). The van der Waals surface area contributed by atoms with Gasteiger partial charge >= 0.3 is 0 Å². The number of benzene rings is 2. The smallest absolute Gasteiger partial charge is 0.142 e. The second-order valence-corrected chi connectivity index (χ2v) is 5.91. The van der Waals surface area contributed by atoms with Crippen molar-refractivity contribution in [1.82, 2.24) is 0 Å². The van der Waals surface area contributed by atoms with Crippen LogP contribution in [0.25, 0.3) is 0 Å². The van der Waals surface area contributed by atoms with Crippen LogP contribution in [0.3, 0.4) is 0 Å². The van der Waals surface area contributed by atoms with Crippen LogP contribution in [-0.2, 0) is 12.5 Å². The van der Waals surface area contributed by atoms with Crippen LogP contribution in [-0.4, -0.2) is 0 Å². The third-order valence-electron chi connectivity index (χ3n) is 2.89. The summed E-state index contributed by atoms with van der Waals surface area (Å²) >= 11 is 18.0. The van der Waals surface area contributed by atoms with Crippen LogP contribution in [0, 0.1) is 13.8 Å². The van der Waals surface area contributed by atoms with E-state index in [1.54, 1.807) is 12.1 Å². The Balaban J connectivity index is 2.22. The van der Waals surface area contributed by atoms with E-state index in [4.69, 9.17) is 39.5 Å². The summed E-state index contributed by atoms with van der Waals surface area (Å²) in [7, 11) is 0. The van der Waals surface area contributed by atoms with Gasteiger partial charge in [-0.2, -0.15) is 0 Å². The van der Waals surface area contributed by atoms with Crippen molar-refractivity contribution >= 4 is 34.8 Å². The summed E-state index contributed by atoms with van der Waals surface area (Å²) in [6.45, 7) is 4.58. The topological polar surface area (TPSA) is 9.23 Å². The first-order chi connectivity index (χ1) is 9.49. The van der Waals surface area contributed by atoms with Gasteiger partial charge in [0.25, 0.3) is 0 Å². The lowest BCUT2D eigenvalue weighted by molar-refractivity contribution is 0.304. The van der Waals surface area contributed by atoms with Gasteiger partial charge in [0.1, 0.15) is 12.4 Å². The van der Waals surface area contributed by atoms with Crippen molar-refractivity contribution in [2.75, 3.05) is 0 Å². The molecule has 0 saturated heterocycles. The molecule has 0 bridgehead atoms. The second kappa shape index (κ2) is 6.71. The quantitative estimate of drug-likeness (QED) is 0.632. The predicted molar refractivity (Wildman–Crippen MR) is 86.3 cm³/mol. The van der Waals surface area contributed by atoms with E-state index in [0.29, 0.717) is 28.3 Å². The average molecular weight is 330 g/mol. The van der Waals surface area contributed by atoms with E-state index in [2.05, 4.69) is 32.0 Å². The predicted octanol–water partition coefficient (Wildman–Crippen LogP) is 5.93. The molecule has 4 heteroatoms. The average Bonchev–Trinajstić information content (AvgIpc) is 2.35. The standard InChI is InChI=1S/C16H15Cl3O/c1-10-3-11(2)5-12(4-10)9-20-16-13(8-17)6-14(18)7-15(16)19/h3-7H,8-9H2,1-2H3. The van der Waals surface area contributed by atoms with Crippen molar-refractivity contribution < 1.29 is 4.74 Å². The molecule has 0 atom stereocenters. The molecule has 0 aliphatic carbocycles. The molecule has 0 radical (unpaired) electrons. The van der Waals surface area contributed by atoms with E-state index in [0.717, 1.165) is 11.1 Å². The number of hydrogen-bond donors (Lipinski definition) is 0. The Morgan fingerprint density at radius 1 is 0.950 bits per heavy atom.